The molecule has 0 saturated heterocycles. The van der Waals surface area contributed by atoms with Crippen LogP contribution in [0.15, 0.2) is 24.3 Å². The molecule has 0 atom stereocenters. The molecule has 0 unspecified atom stereocenters. The number of halogens is 3. The number of carbonyl (C=O) groups excluding carboxylic acids is 2. The summed E-state index contributed by atoms with van der Waals surface area (Å²) in [5.41, 5.74) is 0.888. The maximum atomic E-state index is 13.3. The van der Waals surface area contributed by atoms with Gasteiger partial charge in [0, 0.05) is 31.3 Å². The molecule has 168 valence electrons. The van der Waals surface area contributed by atoms with E-state index in [0.29, 0.717) is 59.8 Å². The molecule has 1 saturated carbocycles. The molecular formula is C22H26ClF2N3O3. The average Bonchev–Trinajstić information content (AvgIpc) is 2.73. The van der Waals surface area contributed by atoms with Crippen molar-refractivity contribution in [1.29, 1.82) is 0 Å². The van der Waals surface area contributed by atoms with E-state index in [9.17, 15) is 18.4 Å². The van der Waals surface area contributed by atoms with Crippen LogP contribution in [0, 0.1) is 5.92 Å². The van der Waals surface area contributed by atoms with E-state index in [1.165, 1.54) is 0 Å². The van der Waals surface area contributed by atoms with Crippen LogP contribution in [-0.2, 0) is 9.53 Å². The molecule has 2 aromatic rings. The lowest BCUT2D eigenvalue weighted by atomic mass is 9.87. The summed E-state index contributed by atoms with van der Waals surface area (Å²) >= 11 is 6.29. The first-order valence-electron chi connectivity index (χ1n) is 10.4. The molecule has 1 aliphatic carbocycles. The third-order valence-corrected chi connectivity index (χ3v) is 5.69. The summed E-state index contributed by atoms with van der Waals surface area (Å²) < 4.78 is 31.5. The number of esters is 1. The number of pyridine rings is 1. The minimum Gasteiger partial charge on any atom is -0.466 e. The summed E-state index contributed by atoms with van der Waals surface area (Å²) in [6, 6.07) is 6.78. The maximum absolute atomic E-state index is 13.3. The molecule has 0 radical (unpaired) electrons. The number of nitrogens with zero attached hydrogens (tertiary/aromatic N) is 1. The second-order valence-electron chi connectivity index (χ2n) is 7.68. The summed E-state index contributed by atoms with van der Waals surface area (Å²) in [7, 11) is 0. The van der Waals surface area contributed by atoms with Crippen molar-refractivity contribution >= 4 is 40.2 Å². The summed E-state index contributed by atoms with van der Waals surface area (Å²) in [5, 5.41) is 6.79. The van der Waals surface area contributed by atoms with E-state index < -0.39 is 5.92 Å². The second-order valence-corrected chi connectivity index (χ2v) is 8.08. The molecule has 1 heterocycles. The van der Waals surface area contributed by atoms with Crippen LogP contribution >= 0.6 is 11.6 Å². The zero-order chi connectivity index (χ0) is 22.4. The van der Waals surface area contributed by atoms with Crippen LogP contribution in [0.5, 0.6) is 0 Å². The van der Waals surface area contributed by atoms with Gasteiger partial charge >= 0.3 is 5.97 Å². The summed E-state index contributed by atoms with van der Waals surface area (Å²) in [6.07, 6.45) is 0.712. The van der Waals surface area contributed by atoms with Crippen molar-refractivity contribution in [2.45, 2.75) is 45.0 Å². The molecule has 0 spiro atoms. The van der Waals surface area contributed by atoms with Crippen molar-refractivity contribution in [3.05, 3.63) is 34.9 Å². The van der Waals surface area contributed by atoms with Gasteiger partial charge in [-0.15, -0.1) is 0 Å². The number of amides is 1. The minimum absolute atomic E-state index is 0.0330. The van der Waals surface area contributed by atoms with Crippen LogP contribution in [0.3, 0.4) is 0 Å². The normalized spacial score (nSPS) is 16.1. The van der Waals surface area contributed by atoms with Gasteiger partial charge in [-0.25, -0.2) is 13.8 Å². The van der Waals surface area contributed by atoms with Crippen LogP contribution in [0.25, 0.3) is 10.9 Å². The van der Waals surface area contributed by atoms with Crippen molar-refractivity contribution in [2.75, 3.05) is 25.0 Å². The number of rotatable bonds is 8. The SMILES string of the molecule is CCOC(=O)CCNc1ccc2c(C(=O)NCC3CCC(F)(F)CC3)c(Cl)ccc2n1. The molecule has 6 nitrogen and oxygen atoms in total. The topological polar surface area (TPSA) is 80.3 Å². The van der Waals surface area contributed by atoms with Crippen LogP contribution < -0.4 is 10.6 Å². The Morgan fingerprint density at radius 3 is 2.68 bits per heavy atom. The summed E-state index contributed by atoms with van der Waals surface area (Å²) in [5.74, 6) is -2.63. The zero-order valence-corrected chi connectivity index (χ0v) is 18.1. The highest BCUT2D eigenvalue weighted by Gasteiger charge is 2.34. The van der Waals surface area contributed by atoms with Crippen molar-refractivity contribution in [3.63, 3.8) is 0 Å². The number of hydrogen-bond acceptors (Lipinski definition) is 5. The smallest absolute Gasteiger partial charge is 0.307 e. The Balaban J connectivity index is 1.65. The van der Waals surface area contributed by atoms with Gasteiger partial charge in [0.05, 0.1) is 29.1 Å². The average molecular weight is 454 g/mol. The Hall–Kier alpha value is -2.48. The number of carbonyl (C=O) groups is 2. The van der Waals surface area contributed by atoms with E-state index in [1.54, 1.807) is 31.2 Å². The van der Waals surface area contributed by atoms with Crippen molar-refractivity contribution in [2.24, 2.45) is 5.92 Å². The largest absolute Gasteiger partial charge is 0.466 e. The van der Waals surface area contributed by atoms with Crippen LogP contribution in [0.1, 0.15) is 49.4 Å². The number of benzene rings is 1. The molecule has 1 fully saturated rings. The maximum Gasteiger partial charge on any atom is 0.307 e. The van der Waals surface area contributed by atoms with Gasteiger partial charge in [0.15, 0.2) is 0 Å². The van der Waals surface area contributed by atoms with Gasteiger partial charge in [0.2, 0.25) is 5.92 Å². The monoisotopic (exact) mass is 453 g/mol. The predicted molar refractivity (Wildman–Crippen MR) is 116 cm³/mol. The number of aromatic nitrogens is 1. The van der Waals surface area contributed by atoms with Crippen LogP contribution in [-0.4, -0.2) is 42.5 Å². The van der Waals surface area contributed by atoms with Gasteiger partial charge in [-0.05, 0) is 49.9 Å². The molecule has 1 aliphatic rings. The Labute approximate surface area is 184 Å². The van der Waals surface area contributed by atoms with Crippen LogP contribution in [0.4, 0.5) is 14.6 Å². The molecule has 3 rings (SSSR count). The van der Waals surface area contributed by atoms with E-state index in [1.807, 2.05) is 0 Å². The molecule has 1 aromatic heterocycles. The molecule has 0 aliphatic heterocycles. The number of fused-ring (bicyclic) bond motifs is 1. The number of nitrogens with one attached hydrogen (secondary N) is 2. The Morgan fingerprint density at radius 2 is 1.97 bits per heavy atom. The highest BCUT2D eigenvalue weighted by molar-refractivity contribution is 6.35. The first kappa shape index (κ1) is 23.2. The number of hydrogen-bond donors (Lipinski definition) is 2. The molecule has 1 aromatic carbocycles. The highest BCUT2D eigenvalue weighted by Crippen LogP contribution is 2.36. The fourth-order valence-electron chi connectivity index (χ4n) is 3.66. The molecule has 1 amide bonds. The quantitative estimate of drug-likeness (QED) is 0.561. The van der Waals surface area contributed by atoms with Gasteiger partial charge in [-0.2, -0.15) is 0 Å². The third-order valence-electron chi connectivity index (χ3n) is 5.38. The number of ether oxygens (including phenoxy) is 1. The van der Waals surface area contributed by atoms with Crippen molar-refractivity contribution < 1.29 is 23.1 Å². The highest BCUT2D eigenvalue weighted by atomic mass is 35.5. The van der Waals surface area contributed by atoms with E-state index in [-0.39, 0.29) is 37.1 Å². The van der Waals surface area contributed by atoms with E-state index in [0.717, 1.165) is 0 Å². The van der Waals surface area contributed by atoms with Crippen molar-refractivity contribution in [1.82, 2.24) is 10.3 Å². The minimum atomic E-state index is -2.59. The lowest BCUT2D eigenvalue weighted by Gasteiger charge is -2.28. The summed E-state index contributed by atoms with van der Waals surface area (Å²) in [6.45, 7) is 2.80. The molecule has 31 heavy (non-hydrogen) atoms. The van der Waals surface area contributed by atoms with Gasteiger partial charge in [0.1, 0.15) is 5.82 Å². The van der Waals surface area contributed by atoms with Gasteiger partial charge in [0.25, 0.3) is 5.91 Å². The Morgan fingerprint density at radius 1 is 1.23 bits per heavy atom. The fourth-order valence-corrected chi connectivity index (χ4v) is 3.91. The lowest BCUT2D eigenvalue weighted by Crippen LogP contribution is -2.34. The fraction of sp³-hybridized carbons (Fsp3) is 0.500. The van der Waals surface area contributed by atoms with E-state index in [4.69, 9.17) is 16.3 Å². The molecule has 9 heteroatoms. The standard InChI is InChI=1S/C22H26ClF2N3O3/c1-2-31-19(29)9-12-26-18-6-3-15-17(28-18)5-4-16(23)20(15)21(30)27-13-14-7-10-22(24,25)11-8-14/h3-6,14H,2,7-13H2,1H3,(H,26,28)(H,27,30). The van der Waals surface area contributed by atoms with Gasteiger partial charge in [-0.1, -0.05) is 11.6 Å². The molecule has 0 bridgehead atoms. The zero-order valence-electron chi connectivity index (χ0n) is 17.3. The first-order valence-corrected chi connectivity index (χ1v) is 10.8. The molecular weight excluding hydrogens is 428 g/mol. The Bertz CT molecular complexity index is 945. The Kier molecular flexibility index (Phi) is 7.64. The second kappa shape index (κ2) is 10.2. The first-order chi connectivity index (χ1) is 14.8. The van der Waals surface area contributed by atoms with E-state index >= 15 is 0 Å². The van der Waals surface area contributed by atoms with Crippen LogP contribution in [0.2, 0.25) is 5.02 Å². The van der Waals surface area contributed by atoms with E-state index in [2.05, 4.69) is 15.6 Å². The molecule has 2 N–H and O–H groups in total. The van der Waals surface area contributed by atoms with Gasteiger partial charge < -0.3 is 15.4 Å². The predicted octanol–water partition coefficient (Wildman–Crippen LogP) is 4.81. The summed E-state index contributed by atoms with van der Waals surface area (Å²) in [4.78, 5) is 28.7. The lowest BCUT2D eigenvalue weighted by molar-refractivity contribution is -0.142. The van der Waals surface area contributed by atoms with Crippen molar-refractivity contribution in [3.8, 4) is 0 Å². The number of anilines is 1. The number of alkyl halides is 2. The third kappa shape index (κ3) is 6.26. The van der Waals surface area contributed by atoms with Gasteiger partial charge in [-0.3, -0.25) is 9.59 Å².